The van der Waals surface area contributed by atoms with Crippen molar-refractivity contribution in [2.24, 2.45) is 0 Å². The van der Waals surface area contributed by atoms with Gasteiger partial charge in [-0.2, -0.15) is 9.57 Å². The highest BCUT2D eigenvalue weighted by Gasteiger charge is 2.59. The summed E-state index contributed by atoms with van der Waals surface area (Å²) in [4.78, 5) is 40.3. The van der Waals surface area contributed by atoms with Crippen LogP contribution < -0.4 is 23.8 Å². The van der Waals surface area contributed by atoms with E-state index in [-0.39, 0.29) is 45.5 Å². The number of aromatic nitrogens is 1. The zero-order valence-electron chi connectivity index (χ0n) is 30.2. The number of nitrogens with one attached hydrogen (secondary N) is 1. The third-order valence-electron chi connectivity index (χ3n) is 10.2. The number of piperazine rings is 1. The van der Waals surface area contributed by atoms with E-state index in [4.69, 9.17) is 14.2 Å². The fraction of sp³-hybridized carbons (Fsp3) is 0.459. The number of anilines is 1. The molecule has 276 valence electrons. The molecule has 1 aromatic heterocycles. The van der Waals surface area contributed by atoms with Crippen molar-refractivity contribution >= 4 is 27.6 Å². The highest BCUT2D eigenvalue weighted by Crippen LogP contribution is 2.50. The Morgan fingerprint density at radius 1 is 1.02 bits per heavy atom. The lowest BCUT2D eigenvalue weighted by Crippen LogP contribution is -2.61. The molecule has 0 bridgehead atoms. The largest absolute Gasteiger partial charge is 0.497 e. The zero-order chi connectivity index (χ0) is 37.2. The van der Waals surface area contributed by atoms with Gasteiger partial charge in [0.15, 0.2) is 5.54 Å². The molecule has 3 aromatic rings. The Morgan fingerprint density at radius 2 is 1.75 bits per heavy atom. The van der Waals surface area contributed by atoms with Gasteiger partial charge in [-0.05, 0) is 89.2 Å². The number of carbonyl (C=O) groups is 2. The molecule has 14 nitrogen and oxygen atoms in total. The van der Waals surface area contributed by atoms with E-state index < -0.39 is 27.5 Å². The molecule has 15 heteroatoms. The molecule has 3 aliphatic heterocycles. The molecule has 6 rings (SSSR count). The molecule has 0 spiro atoms. The summed E-state index contributed by atoms with van der Waals surface area (Å²) in [6.07, 6.45) is 3.60. The minimum absolute atomic E-state index is 0.0331. The number of pyridine rings is 1. The number of urea groups is 1. The normalized spacial score (nSPS) is 20.1. The van der Waals surface area contributed by atoms with Gasteiger partial charge in [0.05, 0.1) is 43.7 Å². The van der Waals surface area contributed by atoms with E-state index in [1.54, 1.807) is 24.0 Å². The molecule has 3 aliphatic rings. The van der Waals surface area contributed by atoms with Gasteiger partial charge in [0, 0.05) is 56.1 Å². The molecule has 0 aliphatic carbocycles. The molecule has 0 saturated carbocycles. The predicted molar refractivity (Wildman–Crippen MR) is 193 cm³/mol. The van der Waals surface area contributed by atoms with Crippen molar-refractivity contribution in [3.63, 3.8) is 0 Å². The number of benzene rings is 2. The van der Waals surface area contributed by atoms with Crippen molar-refractivity contribution in [1.29, 1.82) is 5.26 Å². The number of fused-ring (bicyclic) bond motifs is 1. The van der Waals surface area contributed by atoms with Gasteiger partial charge in [0.25, 0.3) is 15.9 Å². The van der Waals surface area contributed by atoms with Gasteiger partial charge in [-0.15, -0.1) is 0 Å². The third-order valence-corrected chi connectivity index (χ3v) is 12.0. The second kappa shape index (κ2) is 15.0. The number of likely N-dealkylation sites (tertiary alicyclic amines) is 1. The number of hydrogen-bond acceptors (Lipinski definition) is 11. The lowest BCUT2D eigenvalue weighted by Gasteiger charge is -2.44. The molecule has 2 fully saturated rings. The monoisotopic (exact) mass is 731 g/mol. The van der Waals surface area contributed by atoms with Crippen molar-refractivity contribution in [3.8, 4) is 23.4 Å². The topological polar surface area (TPSA) is 158 Å². The molecule has 1 atom stereocenters. The van der Waals surface area contributed by atoms with Crippen LogP contribution in [0.2, 0.25) is 0 Å². The first-order chi connectivity index (χ1) is 25.0. The molecule has 3 amide bonds. The van der Waals surface area contributed by atoms with E-state index >= 15 is 4.79 Å². The number of ether oxygens (including phenoxy) is 3. The maximum absolute atomic E-state index is 15.2. The lowest BCUT2D eigenvalue weighted by atomic mass is 9.83. The predicted octanol–water partition coefficient (Wildman–Crippen LogP) is 3.55. The number of carbonyl (C=O) groups excluding carboxylic acids is 2. The Labute approximate surface area is 304 Å². The molecule has 52 heavy (non-hydrogen) atoms. The van der Waals surface area contributed by atoms with E-state index in [1.165, 1.54) is 56.8 Å². The van der Waals surface area contributed by atoms with Crippen LogP contribution in [-0.2, 0) is 20.4 Å². The van der Waals surface area contributed by atoms with Crippen LogP contribution >= 0.6 is 0 Å². The number of rotatable bonds is 10. The first-order valence-corrected chi connectivity index (χ1v) is 18.9. The van der Waals surface area contributed by atoms with E-state index in [0.29, 0.717) is 48.3 Å². The average molecular weight is 732 g/mol. The van der Waals surface area contributed by atoms with Crippen LogP contribution in [0.15, 0.2) is 59.6 Å². The van der Waals surface area contributed by atoms with Crippen LogP contribution in [0.25, 0.3) is 0 Å². The summed E-state index contributed by atoms with van der Waals surface area (Å²) in [6, 6.07) is 14.0. The van der Waals surface area contributed by atoms with Crippen molar-refractivity contribution in [2.45, 2.75) is 56.1 Å². The van der Waals surface area contributed by atoms with Gasteiger partial charge in [0.1, 0.15) is 16.4 Å². The molecule has 2 aromatic carbocycles. The number of sulfonamides is 1. The average Bonchev–Trinajstić information content (AvgIpc) is 3.42. The molecule has 1 unspecified atom stereocenters. The number of methoxy groups -OCH3 is 2. The van der Waals surface area contributed by atoms with Crippen molar-refractivity contribution in [3.05, 3.63) is 71.4 Å². The van der Waals surface area contributed by atoms with Gasteiger partial charge in [-0.3, -0.25) is 9.69 Å². The molecular formula is C37H45N7O7S. The first kappa shape index (κ1) is 36.9. The summed E-state index contributed by atoms with van der Waals surface area (Å²) in [7, 11) is -1.95. The minimum atomic E-state index is -4.70. The van der Waals surface area contributed by atoms with Gasteiger partial charge in [0.2, 0.25) is 5.88 Å². The third kappa shape index (κ3) is 6.50. The smallest absolute Gasteiger partial charge is 0.318 e. The van der Waals surface area contributed by atoms with Crippen LogP contribution in [0, 0.1) is 11.3 Å². The highest BCUT2D eigenvalue weighted by molar-refractivity contribution is 7.93. The van der Waals surface area contributed by atoms with E-state index in [1.807, 2.05) is 0 Å². The summed E-state index contributed by atoms with van der Waals surface area (Å²) in [6.45, 7) is 10.6. The quantitative estimate of drug-likeness (QED) is 0.325. The number of amides is 3. The summed E-state index contributed by atoms with van der Waals surface area (Å²) in [5.74, 6) is -0.658. The maximum Gasteiger partial charge on any atom is 0.318 e. The number of hydrogen-bond donors (Lipinski definition) is 1. The summed E-state index contributed by atoms with van der Waals surface area (Å²) < 4.78 is 46.5. The fourth-order valence-corrected chi connectivity index (χ4v) is 9.06. The van der Waals surface area contributed by atoms with Gasteiger partial charge >= 0.3 is 6.03 Å². The molecular weight excluding hydrogens is 687 g/mol. The number of nitrogens with zero attached hydrogens (tertiary/aromatic N) is 6. The Bertz CT molecular complexity index is 1970. The van der Waals surface area contributed by atoms with E-state index in [0.717, 1.165) is 25.9 Å². The van der Waals surface area contributed by atoms with Gasteiger partial charge < -0.3 is 29.3 Å². The van der Waals surface area contributed by atoms with Crippen LogP contribution in [-0.4, -0.2) is 112 Å². The second-order valence-corrected chi connectivity index (χ2v) is 15.0. The van der Waals surface area contributed by atoms with Gasteiger partial charge in [-0.25, -0.2) is 18.2 Å². The Balaban J connectivity index is 1.41. The molecule has 0 radical (unpaired) electrons. The highest BCUT2D eigenvalue weighted by atomic mass is 32.2. The Hall–Kier alpha value is -4.91. The standard InChI is InChI=1S/C37H45N7O7S/c1-6-51-34-29(8-7-15-39-34)37(40-36(46)43-20-18-42(19-21-43)27-13-16-41(17-14-27)25(2)3)30-22-26(24-38)9-11-31(30)44(35(37)45)52(47,48)33-12-10-28(49-4)23-32(33)50-5/h7-12,15,22-23,25,27H,6,13-14,16-21H2,1-5H3,(H,40,46). The zero-order valence-corrected chi connectivity index (χ0v) is 31.0. The van der Waals surface area contributed by atoms with Gasteiger partial charge in [-0.1, -0.05) is 0 Å². The maximum atomic E-state index is 15.2. The van der Waals surface area contributed by atoms with Crippen LogP contribution in [0.3, 0.4) is 0 Å². The summed E-state index contributed by atoms with van der Waals surface area (Å²) >= 11 is 0. The van der Waals surface area contributed by atoms with Crippen LogP contribution in [0.1, 0.15) is 50.3 Å². The Kier molecular flexibility index (Phi) is 10.6. The SMILES string of the molecule is CCOc1ncccc1C1(NC(=O)N2CCN(C3CCN(C(C)C)CC3)CC2)C(=O)N(S(=O)(=O)c2ccc(OC)cc2OC)c2ccc(C#N)cc21. The van der Waals surface area contributed by atoms with E-state index in [2.05, 4.69) is 40.0 Å². The summed E-state index contributed by atoms with van der Waals surface area (Å²) in [5, 5.41) is 12.9. The molecule has 1 N–H and O–H groups in total. The fourth-order valence-electron chi connectivity index (χ4n) is 7.46. The molecule has 4 heterocycles. The number of piperidine rings is 1. The number of nitriles is 1. The van der Waals surface area contributed by atoms with E-state index in [9.17, 15) is 18.5 Å². The van der Waals surface area contributed by atoms with Crippen molar-refractivity contribution < 1.29 is 32.2 Å². The first-order valence-electron chi connectivity index (χ1n) is 17.5. The minimum Gasteiger partial charge on any atom is -0.497 e. The molecule has 2 saturated heterocycles. The van der Waals surface area contributed by atoms with Crippen LogP contribution in [0.5, 0.6) is 17.4 Å². The summed E-state index contributed by atoms with van der Waals surface area (Å²) in [5.41, 5.74) is -1.81. The lowest BCUT2D eigenvalue weighted by molar-refractivity contribution is -0.121. The Morgan fingerprint density at radius 3 is 2.38 bits per heavy atom. The van der Waals surface area contributed by atoms with Crippen LogP contribution in [0.4, 0.5) is 10.5 Å². The van der Waals surface area contributed by atoms with Crippen molar-refractivity contribution in [2.75, 3.05) is 64.4 Å². The van der Waals surface area contributed by atoms with Crippen molar-refractivity contribution in [1.82, 2.24) is 25.0 Å². The second-order valence-electron chi connectivity index (χ2n) is 13.3.